The first kappa shape index (κ1) is 15.2. The average molecular weight is 283 g/mol. The van der Waals surface area contributed by atoms with E-state index in [9.17, 15) is 4.79 Å². The van der Waals surface area contributed by atoms with E-state index in [1.165, 1.54) is 0 Å². The molecule has 1 amide bonds. The summed E-state index contributed by atoms with van der Waals surface area (Å²) >= 11 is 0. The summed E-state index contributed by atoms with van der Waals surface area (Å²) < 4.78 is 0. The minimum absolute atomic E-state index is 0.0194. The minimum atomic E-state index is -0.0194. The zero-order chi connectivity index (χ0) is 15.2. The van der Waals surface area contributed by atoms with Gasteiger partial charge >= 0.3 is 0 Å². The first-order valence-corrected chi connectivity index (χ1v) is 7.00. The number of rotatable bonds is 5. The van der Waals surface area contributed by atoms with Crippen LogP contribution in [-0.4, -0.2) is 36.4 Å². The number of amides is 1. The van der Waals surface area contributed by atoms with Gasteiger partial charge in [-0.1, -0.05) is 24.3 Å². The molecule has 0 aliphatic rings. The molecule has 2 aromatic rings. The Balaban J connectivity index is 2.12. The Bertz CT molecular complexity index is 596. The molecule has 0 spiro atoms. The molecule has 0 saturated heterocycles. The van der Waals surface area contributed by atoms with Crippen LogP contribution in [0.4, 0.5) is 0 Å². The summed E-state index contributed by atoms with van der Waals surface area (Å²) in [4.78, 5) is 17.8. The van der Waals surface area contributed by atoms with E-state index in [1.807, 2.05) is 56.4 Å². The molecular weight excluding hydrogens is 262 g/mol. The topological polar surface area (TPSA) is 45.2 Å². The molecule has 110 valence electrons. The smallest absolute Gasteiger partial charge is 0.234 e. The third-order valence-corrected chi connectivity index (χ3v) is 3.22. The van der Waals surface area contributed by atoms with Gasteiger partial charge in [0, 0.05) is 12.4 Å². The SMILES string of the molecule is C[C@H](NC(=O)CN(C)C)c1cccc(-c2cccnc2)c1. The van der Waals surface area contributed by atoms with Gasteiger partial charge in [0.15, 0.2) is 0 Å². The molecule has 21 heavy (non-hydrogen) atoms. The van der Waals surface area contributed by atoms with Gasteiger partial charge in [0.1, 0.15) is 0 Å². The van der Waals surface area contributed by atoms with Crippen molar-refractivity contribution >= 4 is 5.91 Å². The third kappa shape index (κ3) is 4.39. The molecule has 0 fully saturated rings. The van der Waals surface area contributed by atoms with E-state index in [-0.39, 0.29) is 11.9 Å². The second-order valence-electron chi connectivity index (χ2n) is 5.39. The summed E-state index contributed by atoms with van der Waals surface area (Å²) in [5, 5.41) is 3.01. The summed E-state index contributed by atoms with van der Waals surface area (Å²) in [6.45, 7) is 2.39. The summed E-state index contributed by atoms with van der Waals surface area (Å²) in [6.07, 6.45) is 3.60. The van der Waals surface area contributed by atoms with Gasteiger partial charge in [0.25, 0.3) is 0 Å². The van der Waals surface area contributed by atoms with Crippen molar-refractivity contribution in [2.24, 2.45) is 0 Å². The lowest BCUT2D eigenvalue weighted by Gasteiger charge is -2.17. The average Bonchev–Trinajstić information content (AvgIpc) is 2.47. The van der Waals surface area contributed by atoms with Crippen molar-refractivity contribution in [2.75, 3.05) is 20.6 Å². The molecule has 1 heterocycles. The second-order valence-corrected chi connectivity index (χ2v) is 5.39. The standard InChI is InChI=1S/C17H21N3O/c1-13(19-17(21)12-20(2)3)14-6-4-7-15(10-14)16-8-5-9-18-11-16/h4-11,13H,12H2,1-3H3,(H,19,21)/t13-/m0/s1. The van der Waals surface area contributed by atoms with E-state index in [1.54, 1.807) is 6.20 Å². The van der Waals surface area contributed by atoms with Crippen LogP contribution in [0.25, 0.3) is 11.1 Å². The first-order chi connectivity index (χ1) is 10.1. The number of likely N-dealkylation sites (N-methyl/N-ethyl adjacent to an activating group) is 1. The molecule has 1 N–H and O–H groups in total. The molecule has 0 radical (unpaired) electrons. The Morgan fingerprint density at radius 2 is 2.00 bits per heavy atom. The van der Waals surface area contributed by atoms with E-state index in [2.05, 4.69) is 22.4 Å². The predicted molar refractivity (Wildman–Crippen MR) is 84.8 cm³/mol. The molecule has 1 aromatic heterocycles. The van der Waals surface area contributed by atoms with Crippen molar-refractivity contribution in [1.29, 1.82) is 0 Å². The van der Waals surface area contributed by atoms with Crippen molar-refractivity contribution in [1.82, 2.24) is 15.2 Å². The van der Waals surface area contributed by atoms with Crippen LogP contribution in [0.15, 0.2) is 48.8 Å². The fraction of sp³-hybridized carbons (Fsp3) is 0.294. The molecule has 1 atom stereocenters. The van der Waals surface area contributed by atoms with Gasteiger partial charge in [-0.2, -0.15) is 0 Å². The van der Waals surface area contributed by atoms with Gasteiger partial charge in [-0.25, -0.2) is 0 Å². The summed E-state index contributed by atoms with van der Waals surface area (Å²) in [5.41, 5.74) is 3.27. The highest BCUT2D eigenvalue weighted by atomic mass is 16.2. The summed E-state index contributed by atoms with van der Waals surface area (Å²) in [6, 6.07) is 12.1. The van der Waals surface area contributed by atoms with Crippen LogP contribution in [0.1, 0.15) is 18.5 Å². The van der Waals surface area contributed by atoms with Crippen LogP contribution in [0, 0.1) is 0 Å². The van der Waals surface area contributed by atoms with Gasteiger partial charge in [-0.05, 0) is 49.8 Å². The van der Waals surface area contributed by atoms with Crippen molar-refractivity contribution in [3.05, 3.63) is 54.4 Å². The van der Waals surface area contributed by atoms with Crippen molar-refractivity contribution in [2.45, 2.75) is 13.0 Å². The lowest BCUT2D eigenvalue weighted by atomic mass is 10.0. The van der Waals surface area contributed by atoms with Crippen molar-refractivity contribution < 1.29 is 4.79 Å². The van der Waals surface area contributed by atoms with Crippen LogP contribution in [0.2, 0.25) is 0 Å². The van der Waals surface area contributed by atoms with Crippen LogP contribution >= 0.6 is 0 Å². The lowest BCUT2D eigenvalue weighted by Crippen LogP contribution is -2.34. The Labute approximate surface area is 125 Å². The number of aromatic nitrogens is 1. The molecule has 0 unspecified atom stereocenters. The molecule has 0 aliphatic heterocycles. The molecular formula is C17H21N3O. The van der Waals surface area contributed by atoms with Crippen LogP contribution in [-0.2, 0) is 4.79 Å². The number of carbonyl (C=O) groups is 1. The minimum Gasteiger partial charge on any atom is -0.348 e. The van der Waals surface area contributed by atoms with Gasteiger partial charge in [0.2, 0.25) is 5.91 Å². The zero-order valence-corrected chi connectivity index (χ0v) is 12.7. The molecule has 4 nitrogen and oxygen atoms in total. The van der Waals surface area contributed by atoms with E-state index in [0.29, 0.717) is 6.54 Å². The largest absolute Gasteiger partial charge is 0.348 e. The predicted octanol–water partition coefficient (Wildman–Crippen LogP) is 2.49. The molecule has 0 bridgehead atoms. The summed E-state index contributed by atoms with van der Waals surface area (Å²) in [7, 11) is 3.76. The normalized spacial score (nSPS) is 12.2. The Morgan fingerprint density at radius 3 is 2.67 bits per heavy atom. The first-order valence-electron chi connectivity index (χ1n) is 7.00. The Morgan fingerprint density at radius 1 is 1.24 bits per heavy atom. The zero-order valence-electron chi connectivity index (χ0n) is 12.7. The van der Waals surface area contributed by atoms with E-state index in [0.717, 1.165) is 16.7 Å². The van der Waals surface area contributed by atoms with E-state index in [4.69, 9.17) is 0 Å². The highest BCUT2D eigenvalue weighted by Gasteiger charge is 2.11. The number of nitrogens with zero attached hydrogens (tertiary/aromatic N) is 2. The molecule has 4 heteroatoms. The number of pyridine rings is 1. The third-order valence-electron chi connectivity index (χ3n) is 3.22. The van der Waals surface area contributed by atoms with E-state index >= 15 is 0 Å². The maximum Gasteiger partial charge on any atom is 0.234 e. The highest BCUT2D eigenvalue weighted by Crippen LogP contribution is 2.22. The highest BCUT2D eigenvalue weighted by molar-refractivity contribution is 5.78. The number of benzene rings is 1. The van der Waals surface area contributed by atoms with Crippen LogP contribution in [0.3, 0.4) is 0 Å². The Kier molecular flexibility index (Phi) is 5.06. The maximum absolute atomic E-state index is 11.8. The molecule has 1 aromatic carbocycles. The van der Waals surface area contributed by atoms with Gasteiger partial charge < -0.3 is 10.2 Å². The lowest BCUT2D eigenvalue weighted by molar-refractivity contribution is -0.122. The fourth-order valence-electron chi connectivity index (χ4n) is 2.18. The van der Waals surface area contributed by atoms with Crippen LogP contribution < -0.4 is 5.32 Å². The van der Waals surface area contributed by atoms with Crippen molar-refractivity contribution in [3.8, 4) is 11.1 Å². The number of nitrogens with one attached hydrogen (secondary N) is 1. The second kappa shape index (κ2) is 6.99. The number of hydrogen-bond donors (Lipinski definition) is 1. The molecule has 0 aliphatic carbocycles. The van der Waals surface area contributed by atoms with Gasteiger partial charge in [-0.15, -0.1) is 0 Å². The number of carbonyl (C=O) groups excluding carboxylic acids is 1. The van der Waals surface area contributed by atoms with Gasteiger partial charge in [0.05, 0.1) is 12.6 Å². The number of hydrogen-bond acceptors (Lipinski definition) is 3. The summed E-state index contributed by atoms with van der Waals surface area (Å²) in [5.74, 6) is 0.0271. The van der Waals surface area contributed by atoms with E-state index < -0.39 is 0 Å². The van der Waals surface area contributed by atoms with Crippen molar-refractivity contribution in [3.63, 3.8) is 0 Å². The van der Waals surface area contributed by atoms with Gasteiger partial charge in [-0.3, -0.25) is 9.78 Å². The Hall–Kier alpha value is -2.20. The monoisotopic (exact) mass is 283 g/mol. The molecule has 2 rings (SSSR count). The molecule has 0 saturated carbocycles. The maximum atomic E-state index is 11.8. The fourth-order valence-corrected chi connectivity index (χ4v) is 2.18. The quantitative estimate of drug-likeness (QED) is 0.917. The van der Waals surface area contributed by atoms with Crippen LogP contribution in [0.5, 0.6) is 0 Å².